The maximum Gasteiger partial charge on any atom is 0.434 e. The van der Waals surface area contributed by atoms with Gasteiger partial charge in [-0.3, -0.25) is 0 Å². The number of thiazole rings is 1. The summed E-state index contributed by atoms with van der Waals surface area (Å²) >= 11 is 1.00. The van der Waals surface area contributed by atoms with Crippen LogP contribution in [0, 0.1) is 0 Å². The number of guanidine groups is 1. The van der Waals surface area contributed by atoms with Crippen LogP contribution < -0.4 is 10.6 Å². The molecule has 2 heterocycles. The highest BCUT2D eigenvalue weighted by Crippen LogP contribution is 2.29. The lowest BCUT2D eigenvalue weighted by Gasteiger charge is -2.12. The van der Waals surface area contributed by atoms with Crippen molar-refractivity contribution in [1.82, 2.24) is 15.6 Å². The van der Waals surface area contributed by atoms with E-state index in [9.17, 15) is 13.2 Å². The molecule has 2 N–H and O–H groups in total. The number of hydrogen-bond donors (Lipinski definition) is 2. The van der Waals surface area contributed by atoms with Gasteiger partial charge in [0.1, 0.15) is 5.76 Å². The van der Waals surface area contributed by atoms with Crippen molar-refractivity contribution in [3.05, 3.63) is 52.4 Å². The Bertz CT molecular complexity index is 729. The largest absolute Gasteiger partial charge is 0.469 e. The number of nitrogens with one attached hydrogen (secondary N) is 2. The third-order valence-corrected chi connectivity index (χ3v) is 4.13. The van der Waals surface area contributed by atoms with Crippen molar-refractivity contribution in [2.45, 2.75) is 25.9 Å². The molecule has 0 bridgehead atoms. The first-order valence-corrected chi connectivity index (χ1v) is 8.93. The summed E-state index contributed by atoms with van der Waals surface area (Å²) in [6.07, 6.45) is -1.70. The maximum atomic E-state index is 12.6. The van der Waals surface area contributed by atoms with Gasteiger partial charge in [-0.05, 0) is 19.1 Å². The van der Waals surface area contributed by atoms with E-state index >= 15 is 0 Å². The summed E-state index contributed by atoms with van der Waals surface area (Å²) in [7, 11) is 0. The minimum Gasteiger partial charge on any atom is -0.469 e. The molecule has 0 aliphatic heterocycles. The molecule has 0 aliphatic carbocycles. The second kappa shape index (κ2) is 11.3. The molecule has 150 valence electrons. The average Bonchev–Trinajstić information content (AvgIpc) is 3.23. The SMILES string of the molecule is C=C(C)CN=C(NCCc1ccco1)NCCc1nc(C(F)(F)F)cs1.I. The molecule has 10 heteroatoms. The number of alkyl halides is 3. The molecule has 0 aliphatic rings. The fourth-order valence-electron chi connectivity index (χ4n) is 1.99. The highest BCUT2D eigenvalue weighted by Gasteiger charge is 2.33. The van der Waals surface area contributed by atoms with Crippen molar-refractivity contribution in [2.75, 3.05) is 19.6 Å². The number of rotatable bonds is 8. The highest BCUT2D eigenvalue weighted by molar-refractivity contribution is 14.0. The van der Waals surface area contributed by atoms with E-state index in [1.165, 1.54) is 0 Å². The van der Waals surface area contributed by atoms with Gasteiger partial charge < -0.3 is 15.1 Å². The second-order valence-corrected chi connectivity index (χ2v) is 6.62. The smallest absolute Gasteiger partial charge is 0.434 e. The Morgan fingerprint density at radius 2 is 2.00 bits per heavy atom. The zero-order valence-corrected chi connectivity index (χ0v) is 18.0. The fraction of sp³-hybridized carbons (Fsp3) is 0.412. The van der Waals surface area contributed by atoms with Gasteiger partial charge in [0.25, 0.3) is 0 Å². The van der Waals surface area contributed by atoms with E-state index in [0.29, 0.717) is 43.4 Å². The molecule has 27 heavy (non-hydrogen) atoms. The number of nitrogens with zero attached hydrogens (tertiary/aromatic N) is 2. The first kappa shape index (κ1) is 23.5. The summed E-state index contributed by atoms with van der Waals surface area (Å²) in [5.41, 5.74) is 0.0668. The monoisotopic (exact) mass is 514 g/mol. The lowest BCUT2D eigenvalue weighted by Crippen LogP contribution is -2.39. The Morgan fingerprint density at radius 3 is 2.56 bits per heavy atom. The van der Waals surface area contributed by atoms with Gasteiger partial charge in [0.05, 0.1) is 17.8 Å². The first-order valence-electron chi connectivity index (χ1n) is 8.05. The van der Waals surface area contributed by atoms with Crippen LogP contribution in [0.5, 0.6) is 0 Å². The Labute approximate surface area is 177 Å². The average molecular weight is 514 g/mol. The number of aromatic nitrogens is 1. The highest BCUT2D eigenvalue weighted by atomic mass is 127. The molecule has 0 atom stereocenters. The number of aliphatic imine (C=N–C) groups is 1. The lowest BCUT2D eigenvalue weighted by molar-refractivity contribution is -0.140. The van der Waals surface area contributed by atoms with Crippen LogP contribution in [0.15, 0.2) is 45.3 Å². The predicted molar refractivity (Wildman–Crippen MR) is 112 cm³/mol. The van der Waals surface area contributed by atoms with Crippen molar-refractivity contribution >= 4 is 41.3 Å². The van der Waals surface area contributed by atoms with Crippen LogP contribution in [-0.2, 0) is 19.0 Å². The summed E-state index contributed by atoms with van der Waals surface area (Å²) in [5.74, 6) is 1.44. The Balaban J connectivity index is 0.00000364. The summed E-state index contributed by atoms with van der Waals surface area (Å²) in [6, 6.07) is 3.72. The van der Waals surface area contributed by atoms with E-state index in [-0.39, 0.29) is 24.0 Å². The molecule has 0 saturated heterocycles. The molecule has 2 aromatic heterocycles. The van der Waals surface area contributed by atoms with Crippen LogP contribution in [0.2, 0.25) is 0 Å². The maximum absolute atomic E-state index is 12.6. The normalized spacial score (nSPS) is 11.8. The molecular weight excluding hydrogens is 492 g/mol. The van der Waals surface area contributed by atoms with E-state index in [1.54, 1.807) is 6.26 Å². The van der Waals surface area contributed by atoms with E-state index < -0.39 is 11.9 Å². The zero-order valence-electron chi connectivity index (χ0n) is 14.8. The summed E-state index contributed by atoms with van der Waals surface area (Å²) in [5, 5.41) is 7.74. The second-order valence-electron chi connectivity index (χ2n) is 5.68. The molecular formula is C17H22F3IN4OS. The minimum absolute atomic E-state index is 0. The summed E-state index contributed by atoms with van der Waals surface area (Å²) < 4.78 is 43.0. The molecule has 0 aromatic carbocycles. The van der Waals surface area contributed by atoms with Crippen LogP contribution in [0.25, 0.3) is 0 Å². The molecule has 0 radical (unpaired) electrons. The zero-order chi connectivity index (χ0) is 19.0. The Hall–Kier alpha value is -1.56. The minimum atomic E-state index is -4.40. The topological polar surface area (TPSA) is 62.5 Å². The number of halogens is 4. The number of furan rings is 1. The van der Waals surface area contributed by atoms with Crippen molar-refractivity contribution in [1.29, 1.82) is 0 Å². The fourth-order valence-corrected chi connectivity index (χ4v) is 2.80. The van der Waals surface area contributed by atoms with Gasteiger partial charge in [-0.15, -0.1) is 35.3 Å². The molecule has 0 spiro atoms. The quantitative estimate of drug-likeness (QED) is 0.239. The van der Waals surface area contributed by atoms with Crippen LogP contribution in [0.4, 0.5) is 13.2 Å². The van der Waals surface area contributed by atoms with Gasteiger partial charge in [-0.25, -0.2) is 9.98 Å². The van der Waals surface area contributed by atoms with Gasteiger partial charge >= 0.3 is 6.18 Å². The molecule has 0 saturated carbocycles. The van der Waals surface area contributed by atoms with E-state index in [4.69, 9.17) is 4.42 Å². The third-order valence-electron chi connectivity index (χ3n) is 3.22. The first-order chi connectivity index (χ1) is 12.3. The van der Waals surface area contributed by atoms with Gasteiger partial charge in [0.15, 0.2) is 11.7 Å². The van der Waals surface area contributed by atoms with Crippen LogP contribution in [-0.4, -0.2) is 30.6 Å². The lowest BCUT2D eigenvalue weighted by atomic mass is 10.3. The van der Waals surface area contributed by atoms with E-state index in [2.05, 4.69) is 27.2 Å². The van der Waals surface area contributed by atoms with Gasteiger partial charge in [0, 0.05) is 31.3 Å². The van der Waals surface area contributed by atoms with Gasteiger partial charge in [0.2, 0.25) is 0 Å². The van der Waals surface area contributed by atoms with Crippen molar-refractivity contribution < 1.29 is 17.6 Å². The van der Waals surface area contributed by atoms with Crippen molar-refractivity contribution in [3.8, 4) is 0 Å². The van der Waals surface area contributed by atoms with E-state index in [0.717, 1.165) is 28.1 Å². The predicted octanol–water partition coefficient (Wildman–Crippen LogP) is 4.27. The van der Waals surface area contributed by atoms with Crippen LogP contribution >= 0.6 is 35.3 Å². The molecule has 0 fully saturated rings. The molecule has 2 rings (SSSR count). The van der Waals surface area contributed by atoms with Crippen LogP contribution in [0.3, 0.4) is 0 Å². The van der Waals surface area contributed by atoms with Gasteiger partial charge in [-0.2, -0.15) is 13.2 Å². The molecule has 0 unspecified atom stereocenters. The number of hydrogen-bond acceptors (Lipinski definition) is 4. The van der Waals surface area contributed by atoms with Crippen molar-refractivity contribution in [2.24, 2.45) is 4.99 Å². The molecule has 0 amide bonds. The summed E-state index contributed by atoms with van der Waals surface area (Å²) in [6.45, 7) is 7.19. The van der Waals surface area contributed by atoms with Crippen LogP contribution in [0.1, 0.15) is 23.4 Å². The third kappa shape index (κ3) is 8.78. The Morgan fingerprint density at radius 1 is 1.30 bits per heavy atom. The molecule has 5 nitrogen and oxygen atoms in total. The van der Waals surface area contributed by atoms with Gasteiger partial charge in [-0.1, -0.05) is 12.2 Å². The van der Waals surface area contributed by atoms with Crippen molar-refractivity contribution in [3.63, 3.8) is 0 Å². The Kier molecular flexibility index (Phi) is 9.84. The van der Waals surface area contributed by atoms with E-state index in [1.807, 2.05) is 19.1 Å². The standard InChI is InChI=1S/C17H21F3N4OS.HI/c1-12(2)10-23-16(21-7-5-13-4-3-9-25-13)22-8-6-15-24-14(11-26-15)17(18,19)20;/h3-4,9,11H,1,5-8,10H2,2H3,(H2,21,22,23);1H. The molecule has 2 aromatic rings. The summed E-state index contributed by atoms with van der Waals surface area (Å²) in [4.78, 5) is 8.00.